The van der Waals surface area contributed by atoms with Crippen LogP contribution in [0.3, 0.4) is 0 Å². The highest BCUT2D eigenvalue weighted by Crippen LogP contribution is 2.19. The molecular formula is C19H32N2O2. The number of nitrogens with one attached hydrogen (secondary N) is 2. The molecule has 0 spiro atoms. The summed E-state index contributed by atoms with van der Waals surface area (Å²) in [5, 5.41) is 6.44. The van der Waals surface area contributed by atoms with Crippen LogP contribution in [0.1, 0.15) is 65.5 Å². The molecule has 0 aliphatic rings. The number of ether oxygens (including phenoxy) is 1. The van der Waals surface area contributed by atoms with Gasteiger partial charge in [0.25, 0.3) is 0 Å². The Morgan fingerprint density at radius 3 is 2.43 bits per heavy atom. The molecule has 1 aromatic rings. The standard InChI is InChI=1S/C19H32N2O2/c1-6-7-13-17(16-11-9-8-10-12-16)21-15(2)14-20-18(22)23-19(3,4)5/h8-12,15,17,21H,6-7,13-14H2,1-5H3,(H,20,22). The molecule has 1 amide bonds. The molecule has 4 heteroatoms. The van der Waals surface area contributed by atoms with Gasteiger partial charge in [0.15, 0.2) is 0 Å². The summed E-state index contributed by atoms with van der Waals surface area (Å²) in [6.45, 7) is 10.4. The first-order valence-electron chi connectivity index (χ1n) is 8.59. The molecule has 0 heterocycles. The average Bonchev–Trinajstić information content (AvgIpc) is 2.48. The summed E-state index contributed by atoms with van der Waals surface area (Å²) >= 11 is 0. The van der Waals surface area contributed by atoms with Crippen LogP contribution in [0.2, 0.25) is 0 Å². The lowest BCUT2D eigenvalue weighted by Gasteiger charge is -2.25. The van der Waals surface area contributed by atoms with Crippen molar-refractivity contribution < 1.29 is 9.53 Å². The first-order valence-corrected chi connectivity index (χ1v) is 8.59. The van der Waals surface area contributed by atoms with Crippen molar-refractivity contribution in [3.05, 3.63) is 35.9 Å². The van der Waals surface area contributed by atoms with Crippen LogP contribution in [-0.2, 0) is 4.74 Å². The molecule has 23 heavy (non-hydrogen) atoms. The molecule has 0 aliphatic heterocycles. The topological polar surface area (TPSA) is 50.4 Å². The van der Waals surface area contributed by atoms with Gasteiger partial charge in [0, 0.05) is 18.6 Å². The van der Waals surface area contributed by atoms with E-state index >= 15 is 0 Å². The van der Waals surface area contributed by atoms with Gasteiger partial charge in [-0.1, -0.05) is 50.1 Å². The minimum absolute atomic E-state index is 0.171. The Kier molecular flexibility index (Phi) is 8.10. The van der Waals surface area contributed by atoms with Crippen LogP contribution in [0.25, 0.3) is 0 Å². The highest BCUT2D eigenvalue weighted by molar-refractivity contribution is 5.67. The highest BCUT2D eigenvalue weighted by Gasteiger charge is 2.18. The Bertz CT molecular complexity index is 454. The van der Waals surface area contributed by atoms with Gasteiger partial charge in [-0.3, -0.25) is 0 Å². The van der Waals surface area contributed by atoms with E-state index in [9.17, 15) is 4.79 Å². The maximum Gasteiger partial charge on any atom is 0.407 e. The van der Waals surface area contributed by atoms with Crippen LogP contribution in [0, 0.1) is 0 Å². The maximum atomic E-state index is 11.7. The van der Waals surface area contributed by atoms with Gasteiger partial charge < -0.3 is 15.4 Å². The third-order valence-corrected chi connectivity index (χ3v) is 3.49. The number of alkyl carbamates (subject to hydrolysis) is 1. The number of amides is 1. The lowest BCUT2D eigenvalue weighted by Crippen LogP contribution is -2.42. The molecule has 0 radical (unpaired) electrons. The van der Waals surface area contributed by atoms with Crippen molar-refractivity contribution in [1.29, 1.82) is 0 Å². The molecule has 130 valence electrons. The average molecular weight is 320 g/mol. The lowest BCUT2D eigenvalue weighted by atomic mass is 10.0. The number of unbranched alkanes of at least 4 members (excludes halogenated alkanes) is 1. The van der Waals surface area contributed by atoms with Crippen molar-refractivity contribution in [2.45, 2.75) is 71.6 Å². The van der Waals surface area contributed by atoms with Crippen molar-refractivity contribution in [3.8, 4) is 0 Å². The van der Waals surface area contributed by atoms with Gasteiger partial charge in [0.1, 0.15) is 5.60 Å². The van der Waals surface area contributed by atoms with Gasteiger partial charge in [-0.15, -0.1) is 0 Å². The molecule has 1 rings (SSSR count). The van der Waals surface area contributed by atoms with Crippen molar-refractivity contribution in [2.24, 2.45) is 0 Å². The second-order valence-corrected chi connectivity index (χ2v) is 7.06. The molecule has 0 aliphatic carbocycles. The van der Waals surface area contributed by atoms with E-state index in [2.05, 4.69) is 48.7 Å². The van der Waals surface area contributed by atoms with E-state index in [0.29, 0.717) is 12.6 Å². The fraction of sp³-hybridized carbons (Fsp3) is 0.632. The predicted octanol–water partition coefficient (Wildman–Crippen LogP) is 4.42. The normalized spacial score (nSPS) is 14.1. The van der Waals surface area contributed by atoms with Crippen LogP contribution in [-0.4, -0.2) is 24.3 Å². The van der Waals surface area contributed by atoms with Crippen molar-refractivity contribution in [3.63, 3.8) is 0 Å². The molecule has 0 bridgehead atoms. The molecule has 0 fully saturated rings. The van der Waals surface area contributed by atoms with Gasteiger partial charge in [-0.25, -0.2) is 4.79 Å². The zero-order valence-electron chi connectivity index (χ0n) is 15.2. The van der Waals surface area contributed by atoms with Gasteiger partial charge in [-0.2, -0.15) is 0 Å². The van der Waals surface area contributed by atoms with Gasteiger partial charge in [0.2, 0.25) is 0 Å². The smallest absolute Gasteiger partial charge is 0.407 e. The number of hydrogen-bond donors (Lipinski definition) is 2. The van der Waals surface area contributed by atoms with E-state index in [4.69, 9.17) is 4.74 Å². The van der Waals surface area contributed by atoms with E-state index < -0.39 is 5.60 Å². The van der Waals surface area contributed by atoms with Crippen LogP contribution in [0.5, 0.6) is 0 Å². The molecule has 2 N–H and O–H groups in total. The molecule has 2 unspecified atom stereocenters. The molecular weight excluding hydrogens is 288 g/mol. The summed E-state index contributed by atoms with van der Waals surface area (Å²) in [7, 11) is 0. The highest BCUT2D eigenvalue weighted by atomic mass is 16.6. The summed E-state index contributed by atoms with van der Waals surface area (Å²) in [4.78, 5) is 11.7. The second kappa shape index (κ2) is 9.56. The van der Waals surface area contributed by atoms with Crippen LogP contribution in [0.4, 0.5) is 4.79 Å². The zero-order chi connectivity index (χ0) is 17.3. The van der Waals surface area contributed by atoms with Crippen molar-refractivity contribution in [2.75, 3.05) is 6.54 Å². The summed E-state index contributed by atoms with van der Waals surface area (Å²) in [5.41, 5.74) is 0.833. The Morgan fingerprint density at radius 1 is 1.22 bits per heavy atom. The quantitative estimate of drug-likeness (QED) is 0.745. The Labute approximate surface area is 141 Å². The number of carbonyl (C=O) groups excluding carboxylic acids is 1. The molecule has 4 nitrogen and oxygen atoms in total. The Hall–Kier alpha value is -1.55. The number of benzene rings is 1. The van der Waals surface area contributed by atoms with Gasteiger partial charge in [-0.05, 0) is 39.7 Å². The number of rotatable bonds is 8. The molecule has 2 atom stereocenters. The Morgan fingerprint density at radius 2 is 1.87 bits per heavy atom. The fourth-order valence-electron chi connectivity index (χ4n) is 2.39. The molecule has 0 aromatic heterocycles. The molecule has 0 saturated carbocycles. The van der Waals surface area contributed by atoms with Crippen LogP contribution < -0.4 is 10.6 Å². The van der Waals surface area contributed by atoms with Gasteiger partial charge >= 0.3 is 6.09 Å². The number of hydrogen-bond acceptors (Lipinski definition) is 3. The summed E-state index contributed by atoms with van der Waals surface area (Å²) in [6.07, 6.45) is 3.09. The van der Waals surface area contributed by atoms with E-state index in [1.165, 1.54) is 18.4 Å². The van der Waals surface area contributed by atoms with Crippen LogP contribution >= 0.6 is 0 Å². The van der Waals surface area contributed by atoms with Crippen LogP contribution in [0.15, 0.2) is 30.3 Å². The third-order valence-electron chi connectivity index (χ3n) is 3.49. The SMILES string of the molecule is CCCCC(NC(C)CNC(=O)OC(C)(C)C)c1ccccc1. The molecule has 0 saturated heterocycles. The third kappa shape index (κ3) is 8.60. The summed E-state index contributed by atoms with van der Waals surface area (Å²) in [5.74, 6) is 0. The fourth-order valence-corrected chi connectivity index (χ4v) is 2.39. The minimum Gasteiger partial charge on any atom is -0.444 e. The first kappa shape index (κ1) is 19.5. The number of carbonyl (C=O) groups is 1. The maximum absolute atomic E-state index is 11.7. The van der Waals surface area contributed by atoms with E-state index in [1.807, 2.05) is 26.8 Å². The zero-order valence-corrected chi connectivity index (χ0v) is 15.2. The van der Waals surface area contributed by atoms with E-state index in [-0.39, 0.29) is 12.1 Å². The molecule has 1 aromatic carbocycles. The van der Waals surface area contributed by atoms with Crippen molar-refractivity contribution >= 4 is 6.09 Å². The lowest BCUT2D eigenvalue weighted by molar-refractivity contribution is 0.0522. The summed E-state index contributed by atoms with van der Waals surface area (Å²) in [6, 6.07) is 11.0. The monoisotopic (exact) mass is 320 g/mol. The Balaban J connectivity index is 2.50. The minimum atomic E-state index is -0.464. The van der Waals surface area contributed by atoms with E-state index in [0.717, 1.165) is 6.42 Å². The van der Waals surface area contributed by atoms with Crippen molar-refractivity contribution in [1.82, 2.24) is 10.6 Å². The summed E-state index contributed by atoms with van der Waals surface area (Å²) < 4.78 is 5.26. The van der Waals surface area contributed by atoms with Gasteiger partial charge in [0.05, 0.1) is 0 Å². The second-order valence-electron chi connectivity index (χ2n) is 7.06. The predicted molar refractivity (Wildman–Crippen MR) is 95.5 cm³/mol. The van der Waals surface area contributed by atoms with E-state index in [1.54, 1.807) is 0 Å². The largest absolute Gasteiger partial charge is 0.444 e. The first-order chi connectivity index (χ1) is 10.8.